The molecule has 1 unspecified atom stereocenters. The van der Waals surface area contributed by atoms with Crippen molar-refractivity contribution in [2.24, 2.45) is 0 Å². The number of aryl methyl sites for hydroxylation is 1. The molecule has 1 aliphatic carbocycles. The normalized spacial score (nSPS) is 14.6. The number of aldehydes is 1. The predicted molar refractivity (Wildman–Crippen MR) is 173 cm³/mol. The van der Waals surface area contributed by atoms with Gasteiger partial charge in [0.05, 0.1) is 34.0 Å². The highest BCUT2D eigenvalue weighted by Gasteiger charge is 2.38. The molecule has 1 aliphatic rings. The van der Waals surface area contributed by atoms with Crippen LogP contribution in [0.25, 0.3) is 10.9 Å². The summed E-state index contributed by atoms with van der Waals surface area (Å²) >= 11 is 0. The van der Waals surface area contributed by atoms with E-state index < -0.39 is 22.0 Å². The van der Waals surface area contributed by atoms with Gasteiger partial charge in [-0.15, -0.1) is 0 Å². The minimum atomic E-state index is -3.44. The van der Waals surface area contributed by atoms with Crippen molar-refractivity contribution >= 4 is 52.5 Å². The van der Waals surface area contributed by atoms with Crippen LogP contribution in [0.3, 0.4) is 0 Å². The first-order valence-electron chi connectivity index (χ1n) is 14.5. The second kappa shape index (κ2) is 13.2. The van der Waals surface area contributed by atoms with Gasteiger partial charge in [0, 0.05) is 23.8 Å². The lowest BCUT2D eigenvalue weighted by Crippen LogP contribution is -2.20. The average molecular weight is 628 g/mol. The summed E-state index contributed by atoms with van der Waals surface area (Å²) in [6, 6.07) is 14.8. The first kappa shape index (κ1) is 31.9. The lowest BCUT2D eigenvalue weighted by Gasteiger charge is -2.19. The molecule has 2 radical (unpaired) electrons. The van der Waals surface area contributed by atoms with Gasteiger partial charge in [-0.1, -0.05) is 25.1 Å². The highest BCUT2D eigenvalue weighted by Crippen LogP contribution is 2.36. The fraction of sp³-hybridized carbons (Fsp3) is 0.312. The molecule has 1 heterocycles. The lowest BCUT2D eigenvalue weighted by atomic mass is 9.93. The summed E-state index contributed by atoms with van der Waals surface area (Å²) in [6.45, 7) is 4.13. The van der Waals surface area contributed by atoms with Gasteiger partial charge in [0.1, 0.15) is 12.3 Å². The van der Waals surface area contributed by atoms with E-state index >= 15 is 0 Å². The van der Waals surface area contributed by atoms with E-state index in [1.165, 1.54) is 17.2 Å². The molecule has 11 nitrogen and oxygen atoms in total. The van der Waals surface area contributed by atoms with Crippen LogP contribution >= 0.6 is 0 Å². The van der Waals surface area contributed by atoms with Gasteiger partial charge in [0.2, 0.25) is 0 Å². The minimum Gasteiger partial charge on any atom is -0.449 e. The van der Waals surface area contributed by atoms with E-state index in [1.54, 1.807) is 37.4 Å². The smallest absolute Gasteiger partial charge is 0.411 e. The van der Waals surface area contributed by atoms with Crippen LogP contribution in [0.1, 0.15) is 54.0 Å². The number of nitrogens with zero attached hydrogens (tertiary/aromatic N) is 2. The second-order valence-electron chi connectivity index (χ2n) is 11.4. The van der Waals surface area contributed by atoms with E-state index in [1.807, 2.05) is 32.0 Å². The fourth-order valence-electron chi connectivity index (χ4n) is 5.31. The summed E-state index contributed by atoms with van der Waals surface area (Å²) in [5.74, 6) is -0.153. The molecule has 3 aromatic carbocycles. The Morgan fingerprint density at radius 2 is 1.91 bits per heavy atom. The van der Waals surface area contributed by atoms with Crippen LogP contribution in [-0.2, 0) is 25.9 Å². The van der Waals surface area contributed by atoms with Gasteiger partial charge in [0.15, 0.2) is 17.8 Å². The summed E-state index contributed by atoms with van der Waals surface area (Å²) in [7, 11) is 4.01. The van der Waals surface area contributed by atoms with Crippen LogP contribution < -0.4 is 16.2 Å². The molecule has 0 aliphatic heterocycles. The Labute approximate surface area is 262 Å². The van der Waals surface area contributed by atoms with Crippen LogP contribution in [0.4, 0.5) is 16.2 Å². The van der Waals surface area contributed by atoms with E-state index in [9.17, 15) is 22.8 Å². The summed E-state index contributed by atoms with van der Waals surface area (Å²) in [4.78, 5) is 45.1. The molecule has 13 heteroatoms. The van der Waals surface area contributed by atoms with E-state index in [2.05, 4.69) is 20.6 Å². The topological polar surface area (TPSA) is 151 Å². The van der Waals surface area contributed by atoms with Gasteiger partial charge in [-0.3, -0.25) is 10.1 Å². The quantitative estimate of drug-likeness (QED) is 0.154. The van der Waals surface area contributed by atoms with Crippen LogP contribution in [-0.4, -0.2) is 62.5 Å². The lowest BCUT2D eigenvalue weighted by molar-refractivity contribution is -0.108. The Morgan fingerprint density at radius 1 is 1.16 bits per heavy atom. The van der Waals surface area contributed by atoms with E-state index in [4.69, 9.17) is 12.7 Å². The zero-order valence-corrected chi connectivity index (χ0v) is 26.1. The average Bonchev–Trinajstić information content (AvgIpc) is 3.85. The Balaban J connectivity index is 1.22. The van der Waals surface area contributed by atoms with Crippen molar-refractivity contribution in [2.75, 3.05) is 24.3 Å². The molecule has 232 valence electrons. The van der Waals surface area contributed by atoms with E-state index in [0.717, 1.165) is 23.0 Å². The van der Waals surface area contributed by atoms with E-state index in [-0.39, 0.29) is 34.8 Å². The number of aromatic nitrogens is 2. The Hall–Kier alpha value is -4.49. The first-order valence-corrected chi connectivity index (χ1v) is 16.1. The number of fused-ring (bicyclic) bond motifs is 1. The molecular formula is C32H34BN5O6S. The molecule has 1 amide bonds. The number of ether oxygens (including phenoxy) is 1. The number of anilines is 2. The maximum Gasteiger partial charge on any atom is 0.411 e. The number of sulfone groups is 1. The van der Waals surface area contributed by atoms with Crippen LogP contribution in [0.2, 0.25) is 0 Å². The van der Waals surface area contributed by atoms with Crippen molar-refractivity contribution in [3.05, 3.63) is 93.5 Å². The Bertz CT molecular complexity index is 1910. The number of carbonyl (C=O) groups is 2. The maximum absolute atomic E-state index is 12.9. The van der Waals surface area contributed by atoms with Crippen molar-refractivity contribution < 1.29 is 22.7 Å². The molecule has 45 heavy (non-hydrogen) atoms. The van der Waals surface area contributed by atoms with Crippen molar-refractivity contribution in [1.29, 1.82) is 0 Å². The molecule has 1 fully saturated rings. The zero-order valence-electron chi connectivity index (χ0n) is 25.2. The largest absolute Gasteiger partial charge is 0.449 e. The molecule has 5 rings (SSSR count). The van der Waals surface area contributed by atoms with Crippen LogP contribution in [0.5, 0.6) is 0 Å². The summed E-state index contributed by atoms with van der Waals surface area (Å²) < 4.78 is 31.3. The number of hydrogen-bond acceptors (Lipinski definition) is 9. The second-order valence-corrected chi connectivity index (χ2v) is 13.6. The van der Waals surface area contributed by atoms with Gasteiger partial charge in [-0.2, -0.15) is 0 Å². The minimum absolute atomic E-state index is 0.0909. The molecule has 0 spiro atoms. The van der Waals surface area contributed by atoms with Gasteiger partial charge in [0.25, 0.3) is 5.56 Å². The number of amides is 1. The number of aromatic amines is 1. The van der Waals surface area contributed by atoms with Gasteiger partial charge < -0.3 is 24.6 Å². The number of carbonyl (C=O) groups excluding carboxylic acids is 2. The van der Waals surface area contributed by atoms with Crippen molar-refractivity contribution in [2.45, 2.75) is 55.3 Å². The van der Waals surface area contributed by atoms with Gasteiger partial charge >= 0.3 is 6.09 Å². The Morgan fingerprint density at radius 3 is 2.60 bits per heavy atom. The predicted octanol–water partition coefficient (Wildman–Crippen LogP) is 4.39. The molecular weight excluding hydrogens is 593 g/mol. The monoisotopic (exact) mass is 627 g/mol. The standard InChI is InChI=1S/C32H34BN5O6S/c1-19-12-21(29(16-39)36-24-5-10-28-27(14-24)31(40)35-18-34-28)4-9-26(19)20(2)17-44-32(41)37-23-6-11-30(22(13-23)15-38(3)33)45(42,43)25-7-8-25/h4-6,9-14,16,18,20,25,29,36H,7-8,15,17H2,1-3H3,(H,37,41)(H,34,35,40)/t20-,29?/m0/s1. The Kier molecular flexibility index (Phi) is 9.40. The third kappa shape index (κ3) is 7.43. The molecule has 0 bridgehead atoms. The SMILES string of the molecule is [B]N(C)Cc1cc(NC(=O)OC[C@H](C)c2ccc(C(C=O)Nc3ccc4nc[nH]c(=O)c4c3)cc2C)ccc1S(=O)(=O)C1CC1. The third-order valence-electron chi connectivity index (χ3n) is 7.74. The number of H-pyrrole nitrogens is 1. The summed E-state index contributed by atoms with van der Waals surface area (Å²) in [6.07, 6.45) is 2.77. The number of rotatable bonds is 12. The third-order valence-corrected chi connectivity index (χ3v) is 10.1. The molecule has 1 saturated carbocycles. The van der Waals surface area contributed by atoms with E-state index in [0.29, 0.717) is 40.7 Å². The van der Waals surface area contributed by atoms with Crippen LogP contribution in [0, 0.1) is 6.92 Å². The molecule has 3 N–H and O–H groups in total. The summed E-state index contributed by atoms with van der Waals surface area (Å²) in [5, 5.41) is 5.90. The van der Waals surface area contributed by atoms with Crippen molar-refractivity contribution in [1.82, 2.24) is 14.8 Å². The maximum atomic E-state index is 12.9. The number of benzene rings is 3. The van der Waals surface area contributed by atoms with Crippen molar-refractivity contribution in [3.63, 3.8) is 0 Å². The number of nitrogens with one attached hydrogen (secondary N) is 3. The first-order chi connectivity index (χ1) is 21.5. The molecule has 2 atom stereocenters. The molecule has 0 saturated heterocycles. The van der Waals surface area contributed by atoms with Gasteiger partial charge in [-0.25, -0.2) is 18.2 Å². The zero-order chi connectivity index (χ0) is 32.3. The number of hydrogen-bond donors (Lipinski definition) is 3. The fourth-order valence-corrected chi connectivity index (χ4v) is 7.17. The highest BCUT2D eigenvalue weighted by molar-refractivity contribution is 7.92. The van der Waals surface area contributed by atoms with Crippen molar-refractivity contribution in [3.8, 4) is 0 Å². The molecule has 1 aromatic heterocycles. The van der Waals surface area contributed by atoms with Crippen LogP contribution in [0.15, 0.2) is 70.6 Å². The highest BCUT2D eigenvalue weighted by atomic mass is 32.2. The van der Waals surface area contributed by atoms with Gasteiger partial charge in [-0.05, 0) is 85.5 Å². The summed E-state index contributed by atoms with van der Waals surface area (Å²) in [5.41, 5.74) is 4.40. The molecule has 4 aromatic rings.